The monoisotopic (exact) mass is 457 g/mol. The molecule has 0 unspecified atom stereocenters. The van der Waals surface area contributed by atoms with Crippen LogP contribution < -0.4 is 4.74 Å². The Bertz CT molecular complexity index is 989. The van der Waals surface area contributed by atoms with Gasteiger partial charge >= 0.3 is 5.97 Å². The molecule has 0 aliphatic carbocycles. The molecule has 0 saturated carbocycles. The molecule has 140 valence electrons. The number of hydrogen-bond donors (Lipinski definition) is 0. The molecule has 0 radical (unpaired) electrons. The second kappa shape index (κ2) is 8.10. The van der Waals surface area contributed by atoms with Crippen molar-refractivity contribution in [1.82, 2.24) is 4.98 Å². The van der Waals surface area contributed by atoms with Crippen LogP contribution in [0, 0.1) is 17.5 Å². The number of thiophene rings is 1. The Morgan fingerprint density at radius 1 is 1.11 bits per heavy atom. The van der Waals surface area contributed by atoms with E-state index in [1.54, 1.807) is 0 Å². The van der Waals surface area contributed by atoms with E-state index >= 15 is 0 Å². The van der Waals surface area contributed by atoms with Crippen molar-refractivity contribution in [2.24, 2.45) is 0 Å². The van der Waals surface area contributed by atoms with Gasteiger partial charge in [0.15, 0.2) is 0 Å². The lowest BCUT2D eigenvalue weighted by Gasteiger charge is -2.11. The van der Waals surface area contributed by atoms with Crippen molar-refractivity contribution in [3.63, 3.8) is 0 Å². The first-order valence-corrected chi connectivity index (χ1v) is 9.09. The molecule has 0 aliphatic rings. The highest BCUT2D eigenvalue weighted by atomic mass is 79.9. The van der Waals surface area contributed by atoms with Crippen molar-refractivity contribution in [2.75, 3.05) is 7.11 Å². The number of pyridine rings is 1. The minimum atomic E-state index is -0.741. The second-order valence-corrected chi connectivity index (χ2v) is 7.73. The molecule has 4 nitrogen and oxygen atoms in total. The Hall–Kier alpha value is -2.39. The molecule has 2 aromatic heterocycles. The molecule has 0 atom stereocenters. The van der Waals surface area contributed by atoms with Gasteiger partial charge in [0.05, 0.1) is 17.1 Å². The Labute approximate surface area is 164 Å². The van der Waals surface area contributed by atoms with E-state index in [1.165, 1.54) is 13.2 Å². The molecule has 3 aromatic rings. The molecule has 0 spiro atoms. The summed E-state index contributed by atoms with van der Waals surface area (Å²) in [6, 6.07) is 5.63. The van der Waals surface area contributed by atoms with Gasteiger partial charge in [-0.15, -0.1) is 11.3 Å². The van der Waals surface area contributed by atoms with E-state index in [1.807, 2.05) is 0 Å². The van der Waals surface area contributed by atoms with Crippen molar-refractivity contribution >= 4 is 33.2 Å². The van der Waals surface area contributed by atoms with Crippen molar-refractivity contribution in [1.29, 1.82) is 0 Å². The number of rotatable bonds is 5. The molecule has 0 aliphatic heterocycles. The third-order valence-corrected chi connectivity index (χ3v) is 5.28. The standard InChI is InChI=1S/C18H11BrF3NO3S/c1-25-18(24)15-6-13(17(19)27-15)16-14(5-12(22)7-23-16)26-8-9-2-10(20)4-11(21)3-9/h2-7H,8H2,1H3. The summed E-state index contributed by atoms with van der Waals surface area (Å²) in [7, 11) is 1.26. The van der Waals surface area contributed by atoms with Crippen LogP contribution in [-0.4, -0.2) is 18.1 Å². The predicted octanol–water partition coefficient (Wildman–Crippen LogP) is 5.36. The molecule has 1 aromatic carbocycles. The summed E-state index contributed by atoms with van der Waals surface area (Å²) >= 11 is 4.47. The molecule has 0 fully saturated rings. The average molecular weight is 458 g/mol. The SMILES string of the molecule is COC(=O)c1cc(-c2ncc(F)cc2OCc2cc(F)cc(F)c2)c(Br)s1. The summed E-state index contributed by atoms with van der Waals surface area (Å²) in [4.78, 5) is 16.1. The van der Waals surface area contributed by atoms with E-state index < -0.39 is 23.4 Å². The van der Waals surface area contributed by atoms with Gasteiger partial charge in [-0.05, 0) is 39.7 Å². The van der Waals surface area contributed by atoms with Crippen LogP contribution in [0.4, 0.5) is 13.2 Å². The maximum Gasteiger partial charge on any atom is 0.348 e. The fourth-order valence-electron chi connectivity index (χ4n) is 2.32. The molecule has 2 heterocycles. The van der Waals surface area contributed by atoms with E-state index in [0.29, 0.717) is 14.2 Å². The van der Waals surface area contributed by atoms with Gasteiger partial charge < -0.3 is 9.47 Å². The molecule has 0 bridgehead atoms. The van der Waals surface area contributed by atoms with E-state index in [-0.39, 0.29) is 23.6 Å². The minimum absolute atomic E-state index is 0.0644. The summed E-state index contributed by atoms with van der Waals surface area (Å²) < 4.78 is 51.1. The van der Waals surface area contributed by atoms with E-state index in [0.717, 1.165) is 41.8 Å². The Balaban J connectivity index is 1.94. The number of nitrogens with zero attached hydrogens (tertiary/aromatic N) is 1. The fraction of sp³-hybridized carbons (Fsp3) is 0.111. The van der Waals surface area contributed by atoms with E-state index in [2.05, 4.69) is 25.7 Å². The highest BCUT2D eigenvalue weighted by Crippen LogP contribution is 2.39. The zero-order chi connectivity index (χ0) is 19.6. The number of benzene rings is 1. The zero-order valence-electron chi connectivity index (χ0n) is 13.8. The van der Waals surface area contributed by atoms with Crippen LogP contribution in [0.3, 0.4) is 0 Å². The summed E-state index contributed by atoms with van der Waals surface area (Å²) in [5.41, 5.74) is 1.01. The minimum Gasteiger partial charge on any atom is -0.487 e. The van der Waals surface area contributed by atoms with Gasteiger partial charge in [-0.3, -0.25) is 0 Å². The van der Waals surface area contributed by atoms with Gasteiger partial charge in [0.2, 0.25) is 0 Å². The molecule has 0 amide bonds. The molecule has 9 heteroatoms. The normalized spacial score (nSPS) is 10.7. The highest BCUT2D eigenvalue weighted by molar-refractivity contribution is 9.11. The number of halogens is 4. The summed E-state index contributed by atoms with van der Waals surface area (Å²) in [6.45, 7) is -0.196. The average Bonchev–Trinajstić information content (AvgIpc) is 3.00. The first-order valence-electron chi connectivity index (χ1n) is 7.48. The van der Waals surface area contributed by atoms with Crippen LogP contribution in [0.15, 0.2) is 40.3 Å². The molecular weight excluding hydrogens is 447 g/mol. The fourth-order valence-corrected chi connectivity index (χ4v) is 3.95. The van der Waals surface area contributed by atoms with Gasteiger partial charge in [-0.25, -0.2) is 22.9 Å². The van der Waals surface area contributed by atoms with Crippen LogP contribution in [0.5, 0.6) is 5.75 Å². The van der Waals surface area contributed by atoms with Crippen molar-refractivity contribution < 1.29 is 27.4 Å². The maximum atomic E-state index is 13.7. The van der Waals surface area contributed by atoms with Crippen molar-refractivity contribution in [2.45, 2.75) is 6.61 Å². The number of aromatic nitrogens is 1. The smallest absolute Gasteiger partial charge is 0.348 e. The van der Waals surface area contributed by atoms with Crippen LogP contribution in [0.1, 0.15) is 15.2 Å². The topological polar surface area (TPSA) is 48.4 Å². The number of hydrogen-bond acceptors (Lipinski definition) is 5. The van der Waals surface area contributed by atoms with Gasteiger partial charge in [0.1, 0.15) is 40.4 Å². The number of methoxy groups -OCH3 is 1. The predicted molar refractivity (Wildman–Crippen MR) is 97.2 cm³/mol. The van der Waals surface area contributed by atoms with Gasteiger partial charge in [-0.2, -0.15) is 0 Å². The number of esters is 1. The van der Waals surface area contributed by atoms with Crippen LogP contribution in [0.2, 0.25) is 0 Å². The Kier molecular flexibility index (Phi) is 5.81. The van der Waals surface area contributed by atoms with Crippen LogP contribution in [-0.2, 0) is 11.3 Å². The Morgan fingerprint density at radius 2 is 1.81 bits per heavy atom. The largest absolute Gasteiger partial charge is 0.487 e. The molecule has 27 heavy (non-hydrogen) atoms. The summed E-state index contributed by atoms with van der Waals surface area (Å²) in [5, 5.41) is 0. The zero-order valence-corrected chi connectivity index (χ0v) is 16.2. The van der Waals surface area contributed by atoms with Gasteiger partial charge in [0, 0.05) is 17.7 Å². The Morgan fingerprint density at radius 3 is 2.48 bits per heavy atom. The lowest BCUT2D eigenvalue weighted by atomic mass is 10.2. The third kappa shape index (κ3) is 4.48. The van der Waals surface area contributed by atoms with Crippen LogP contribution >= 0.6 is 27.3 Å². The lowest BCUT2D eigenvalue weighted by molar-refractivity contribution is 0.0606. The lowest BCUT2D eigenvalue weighted by Crippen LogP contribution is -2.00. The van der Waals surface area contributed by atoms with E-state index in [4.69, 9.17) is 4.74 Å². The number of carbonyl (C=O) groups is 1. The maximum absolute atomic E-state index is 13.7. The number of ether oxygens (including phenoxy) is 2. The third-order valence-electron chi connectivity index (χ3n) is 3.46. The quantitative estimate of drug-likeness (QED) is 0.484. The highest BCUT2D eigenvalue weighted by Gasteiger charge is 2.19. The summed E-state index contributed by atoms with van der Waals surface area (Å²) in [6.07, 6.45) is 1.01. The molecule has 0 saturated heterocycles. The molecular formula is C18H11BrF3NO3S. The first kappa shape index (κ1) is 19.4. The molecule has 0 N–H and O–H groups in total. The first-order chi connectivity index (χ1) is 12.9. The van der Waals surface area contributed by atoms with Crippen molar-refractivity contribution in [3.8, 4) is 17.0 Å². The second-order valence-electron chi connectivity index (χ2n) is 5.36. The summed E-state index contributed by atoms with van der Waals surface area (Å²) in [5.74, 6) is -2.58. The van der Waals surface area contributed by atoms with E-state index in [9.17, 15) is 18.0 Å². The molecule has 3 rings (SSSR count). The van der Waals surface area contributed by atoms with Crippen LogP contribution in [0.25, 0.3) is 11.3 Å². The van der Waals surface area contributed by atoms with Gasteiger partial charge in [-0.1, -0.05) is 0 Å². The number of carbonyl (C=O) groups excluding carboxylic acids is 1. The van der Waals surface area contributed by atoms with Gasteiger partial charge in [0.25, 0.3) is 0 Å². The van der Waals surface area contributed by atoms with Crippen molar-refractivity contribution in [3.05, 3.63) is 68.2 Å².